The average Bonchev–Trinajstić information content (AvgIpc) is 2.73. The summed E-state index contributed by atoms with van der Waals surface area (Å²) in [5, 5.41) is 1.33. The quantitative estimate of drug-likeness (QED) is 0.412. The van der Waals surface area contributed by atoms with Crippen LogP contribution < -0.4 is 14.2 Å². The van der Waals surface area contributed by atoms with Crippen LogP contribution in [-0.2, 0) is 15.7 Å². The van der Waals surface area contributed by atoms with Crippen LogP contribution in [0, 0.1) is 0 Å². The van der Waals surface area contributed by atoms with Gasteiger partial charge in [-0.3, -0.25) is 0 Å². The smallest absolute Gasteiger partial charge is 0.416 e. The predicted octanol–water partition coefficient (Wildman–Crippen LogP) is 6.25. The van der Waals surface area contributed by atoms with Crippen LogP contribution in [0.3, 0.4) is 0 Å². The maximum atomic E-state index is 13.0. The molecule has 9 heteroatoms. The molecule has 31 heavy (non-hydrogen) atoms. The van der Waals surface area contributed by atoms with Crippen molar-refractivity contribution < 1.29 is 36.9 Å². The Kier molecular flexibility index (Phi) is 6.50. The maximum Gasteiger partial charge on any atom is 0.416 e. The van der Waals surface area contributed by atoms with Crippen LogP contribution >= 0.6 is 11.6 Å². The Morgan fingerprint density at radius 3 is 2.23 bits per heavy atom. The standard InChI is InChI=1S/C22H18ClF3O5/c1-12(21(27)29-3)30-16-6-4-13-5-7-17(9-14(13)8-16)31-20-18(23)10-15(22(24,25)26)11-19(20)28-2/h4-12H,1-3H3/t12-/m1/s1. The van der Waals surface area contributed by atoms with E-state index in [0.717, 1.165) is 17.5 Å². The van der Waals surface area contributed by atoms with Gasteiger partial charge in [0, 0.05) is 0 Å². The van der Waals surface area contributed by atoms with Gasteiger partial charge in [-0.2, -0.15) is 13.2 Å². The lowest BCUT2D eigenvalue weighted by Crippen LogP contribution is -2.24. The molecule has 0 fully saturated rings. The predicted molar refractivity (Wildman–Crippen MR) is 109 cm³/mol. The molecule has 0 aliphatic carbocycles. The van der Waals surface area contributed by atoms with Gasteiger partial charge in [-0.05, 0) is 54.1 Å². The van der Waals surface area contributed by atoms with E-state index in [-0.39, 0.29) is 16.5 Å². The molecule has 0 unspecified atom stereocenters. The third-order valence-corrected chi connectivity index (χ3v) is 4.69. The number of benzene rings is 3. The minimum Gasteiger partial charge on any atom is -0.493 e. The Labute approximate surface area is 181 Å². The zero-order valence-corrected chi connectivity index (χ0v) is 17.5. The first-order valence-corrected chi connectivity index (χ1v) is 9.41. The molecule has 0 saturated heterocycles. The molecule has 3 aromatic rings. The normalized spacial score (nSPS) is 12.4. The number of carbonyl (C=O) groups excluding carboxylic acids is 1. The number of halogens is 4. The third-order valence-electron chi connectivity index (χ3n) is 4.41. The van der Waals surface area contributed by atoms with Crippen LogP contribution in [0.2, 0.25) is 5.02 Å². The molecule has 0 amide bonds. The third kappa shape index (κ3) is 5.14. The molecule has 3 aromatic carbocycles. The van der Waals surface area contributed by atoms with Crippen LogP contribution in [-0.4, -0.2) is 26.3 Å². The van der Waals surface area contributed by atoms with E-state index in [0.29, 0.717) is 16.9 Å². The largest absolute Gasteiger partial charge is 0.493 e. The Bertz CT molecular complexity index is 1110. The number of carbonyl (C=O) groups is 1. The summed E-state index contributed by atoms with van der Waals surface area (Å²) in [6.07, 6.45) is -5.37. The zero-order chi connectivity index (χ0) is 22.8. The molecule has 0 saturated carbocycles. The number of methoxy groups -OCH3 is 2. The number of ether oxygens (including phenoxy) is 4. The van der Waals surface area contributed by atoms with Crippen LogP contribution in [0.1, 0.15) is 12.5 Å². The molecule has 5 nitrogen and oxygen atoms in total. The van der Waals surface area contributed by atoms with Crippen LogP contribution in [0.5, 0.6) is 23.0 Å². The van der Waals surface area contributed by atoms with Gasteiger partial charge in [0.1, 0.15) is 11.5 Å². The number of hydrogen-bond acceptors (Lipinski definition) is 5. The average molecular weight is 455 g/mol. The number of rotatable bonds is 6. The van der Waals surface area contributed by atoms with Crippen LogP contribution in [0.4, 0.5) is 13.2 Å². The molecule has 0 bridgehead atoms. The fraction of sp³-hybridized carbons (Fsp3) is 0.227. The first kappa shape index (κ1) is 22.6. The Balaban J connectivity index is 1.92. The first-order chi connectivity index (χ1) is 14.6. The molecule has 0 spiro atoms. The summed E-state index contributed by atoms with van der Waals surface area (Å²) < 4.78 is 60.1. The van der Waals surface area contributed by atoms with Crippen LogP contribution in [0.25, 0.3) is 10.8 Å². The Hall–Kier alpha value is -3.13. The lowest BCUT2D eigenvalue weighted by atomic mass is 10.1. The summed E-state index contributed by atoms with van der Waals surface area (Å²) in [7, 11) is 2.50. The van der Waals surface area contributed by atoms with Gasteiger partial charge in [0.05, 0.1) is 24.8 Å². The van der Waals surface area contributed by atoms with Crippen molar-refractivity contribution in [2.75, 3.05) is 14.2 Å². The Morgan fingerprint density at radius 2 is 1.61 bits per heavy atom. The van der Waals surface area contributed by atoms with Gasteiger partial charge in [-0.1, -0.05) is 23.7 Å². The van der Waals surface area contributed by atoms with Gasteiger partial charge in [0.25, 0.3) is 0 Å². The van der Waals surface area contributed by atoms with E-state index in [9.17, 15) is 18.0 Å². The molecular formula is C22H18ClF3O5. The van der Waals surface area contributed by atoms with E-state index in [2.05, 4.69) is 4.74 Å². The van der Waals surface area contributed by atoms with Crippen molar-refractivity contribution in [3.05, 3.63) is 59.1 Å². The monoisotopic (exact) mass is 454 g/mol. The topological polar surface area (TPSA) is 54.0 Å². The summed E-state index contributed by atoms with van der Waals surface area (Å²) in [5.41, 5.74) is -0.943. The van der Waals surface area contributed by atoms with E-state index >= 15 is 0 Å². The summed E-state index contributed by atoms with van der Waals surface area (Å²) in [6, 6.07) is 11.9. The van der Waals surface area contributed by atoms with E-state index in [4.69, 9.17) is 25.8 Å². The van der Waals surface area contributed by atoms with E-state index in [1.54, 1.807) is 43.3 Å². The summed E-state index contributed by atoms with van der Waals surface area (Å²) >= 11 is 6.04. The van der Waals surface area contributed by atoms with Gasteiger partial charge >= 0.3 is 12.1 Å². The van der Waals surface area contributed by atoms with Gasteiger partial charge in [-0.25, -0.2) is 4.79 Å². The van der Waals surface area contributed by atoms with Crippen molar-refractivity contribution in [3.8, 4) is 23.0 Å². The molecular weight excluding hydrogens is 437 g/mol. The van der Waals surface area contributed by atoms with Gasteiger partial charge < -0.3 is 18.9 Å². The van der Waals surface area contributed by atoms with Crippen molar-refractivity contribution in [1.82, 2.24) is 0 Å². The second-order valence-electron chi connectivity index (χ2n) is 6.54. The second kappa shape index (κ2) is 8.93. The first-order valence-electron chi connectivity index (χ1n) is 9.03. The number of hydrogen-bond donors (Lipinski definition) is 0. The zero-order valence-electron chi connectivity index (χ0n) is 16.7. The number of alkyl halides is 3. The minimum atomic E-state index is -4.57. The highest BCUT2D eigenvalue weighted by molar-refractivity contribution is 6.32. The van der Waals surface area contributed by atoms with Crippen molar-refractivity contribution in [2.45, 2.75) is 19.2 Å². The fourth-order valence-corrected chi connectivity index (χ4v) is 3.11. The summed E-state index contributed by atoms with van der Waals surface area (Å²) in [4.78, 5) is 11.6. The fourth-order valence-electron chi connectivity index (χ4n) is 2.86. The summed E-state index contributed by atoms with van der Waals surface area (Å²) in [5.74, 6) is 0.0617. The van der Waals surface area contributed by atoms with Crippen molar-refractivity contribution in [3.63, 3.8) is 0 Å². The minimum absolute atomic E-state index is 0.0387. The van der Waals surface area contributed by atoms with E-state index < -0.39 is 23.8 Å². The molecule has 0 aliphatic heterocycles. The molecule has 1 atom stereocenters. The second-order valence-corrected chi connectivity index (χ2v) is 6.95. The molecule has 164 valence electrons. The highest BCUT2D eigenvalue weighted by Gasteiger charge is 2.33. The van der Waals surface area contributed by atoms with E-state index in [1.165, 1.54) is 14.2 Å². The number of esters is 1. The highest BCUT2D eigenvalue weighted by atomic mass is 35.5. The maximum absolute atomic E-state index is 13.0. The lowest BCUT2D eigenvalue weighted by molar-refractivity contribution is -0.147. The molecule has 3 rings (SSSR count). The highest BCUT2D eigenvalue weighted by Crippen LogP contribution is 2.43. The van der Waals surface area contributed by atoms with Gasteiger partial charge in [0.2, 0.25) is 0 Å². The summed E-state index contributed by atoms with van der Waals surface area (Å²) in [6.45, 7) is 1.56. The number of fused-ring (bicyclic) bond motifs is 1. The van der Waals surface area contributed by atoms with Crippen LogP contribution in [0.15, 0.2) is 48.5 Å². The molecule has 0 aromatic heterocycles. The Morgan fingerprint density at radius 1 is 0.968 bits per heavy atom. The van der Waals surface area contributed by atoms with Crippen molar-refractivity contribution >= 4 is 28.3 Å². The molecule has 0 aliphatic rings. The SMILES string of the molecule is COC(=O)[C@@H](C)Oc1ccc2ccc(Oc3c(Cl)cc(C(F)(F)F)cc3OC)cc2c1. The van der Waals surface area contributed by atoms with E-state index in [1.807, 2.05) is 0 Å². The van der Waals surface area contributed by atoms with Crippen molar-refractivity contribution in [2.24, 2.45) is 0 Å². The molecule has 0 N–H and O–H groups in total. The van der Waals surface area contributed by atoms with Crippen molar-refractivity contribution in [1.29, 1.82) is 0 Å². The molecule has 0 radical (unpaired) electrons. The van der Waals surface area contributed by atoms with Gasteiger partial charge in [0.15, 0.2) is 17.6 Å². The van der Waals surface area contributed by atoms with Gasteiger partial charge in [-0.15, -0.1) is 0 Å². The molecule has 0 heterocycles. The lowest BCUT2D eigenvalue weighted by Gasteiger charge is -2.16.